The number of carbonyl (C=O) groups excluding carboxylic acids is 2. The summed E-state index contributed by atoms with van der Waals surface area (Å²) in [5.41, 5.74) is 3.07. The van der Waals surface area contributed by atoms with Crippen molar-refractivity contribution in [2.45, 2.75) is 37.6 Å². The van der Waals surface area contributed by atoms with Crippen LogP contribution in [0.3, 0.4) is 0 Å². The maximum atomic E-state index is 13.2. The van der Waals surface area contributed by atoms with Crippen LogP contribution in [0.2, 0.25) is 0 Å². The first-order valence-corrected chi connectivity index (χ1v) is 12.3. The molecule has 1 saturated heterocycles. The fraction of sp³-hybridized carbons (Fsp3) is 0.407. The average molecular weight is 495 g/mol. The van der Waals surface area contributed by atoms with Gasteiger partial charge in [-0.25, -0.2) is 9.18 Å². The molecule has 2 aliphatic heterocycles. The van der Waals surface area contributed by atoms with Crippen molar-refractivity contribution in [2.75, 3.05) is 38.7 Å². The molecule has 0 saturated carbocycles. The first-order valence-electron chi connectivity index (χ1n) is 12.3. The van der Waals surface area contributed by atoms with Gasteiger partial charge in [0.05, 0.1) is 19.8 Å². The van der Waals surface area contributed by atoms with Gasteiger partial charge in [-0.2, -0.15) is 0 Å². The van der Waals surface area contributed by atoms with E-state index in [1.54, 1.807) is 16.9 Å². The lowest BCUT2D eigenvalue weighted by Crippen LogP contribution is -2.56. The van der Waals surface area contributed by atoms with Crippen LogP contribution in [0.5, 0.6) is 5.75 Å². The zero-order valence-electron chi connectivity index (χ0n) is 20.5. The van der Waals surface area contributed by atoms with Crippen LogP contribution in [-0.2, 0) is 10.2 Å². The number of aromatic nitrogens is 1. The topological polar surface area (TPSA) is 97.9 Å². The monoisotopic (exact) mass is 494 g/mol. The zero-order valence-corrected chi connectivity index (χ0v) is 20.5. The van der Waals surface area contributed by atoms with Crippen LogP contribution >= 0.6 is 0 Å². The molecule has 36 heavy (non-hydrogen) atoms. The highest BCUT2D eigenvalue weighted by Gasteiger charge is 2.48. The second-order valence-corrected chi connectivity index (χ2v) is 9.60. The number of piperidine rings is 1. The van der Waals surface area contributed by atoms with Crippen molar-refractivity contribution in [3.63, 3.8) is 0 Å². The first kappa shape index (κ1) is 24.1. The number of aliphatic hydroxyl groups excluding tert-OH is 1. The highest BCUT2D eigenvalue weighted by molar-refractivity contribution is 5.90. The van der Waals surface area contributed by atoms with Gasteiger partial charge in [-0.05, 0) is 54.8 Å². The van der Waals surface area contributed by atoms with Gasteiger partial charge >= 0.3 is 6.03 Å². The van der Waals surface area contributed by atoms with E-state index in [1.165, 1.54) is 24.3 Å². The molecule has 190 valence electrons. The Morgan fingerprint density at radius 2 is 1.92 bits per heavy atom. The first-order chi connectivity index (χ1) is 17.4. The van der Waals surface area contributed by atoms with Crippen LogP contribution in [0, 0.1) is 5.82 Å². The summed E-state index contributed by atoms with van der Waals surface area (Å²) in [6.45, 7) is 3.16. The van der Waals surface area contributed by atoms with Crippen LogP contribution in [0.25, 0.3) is 10.9 Å². The van der Waals surface area contributed by atoms with Crippen molar-refractivity contribution in [1.29, 1.82) is 0 Å². The quantitative estimate of drug-likeness (QED) is 0.507. The minimum absolute atomic E-state index is 0.00760. The summed E-state index contributed by atoms with van der Waals surface area (Å²) in [5.74, 6) is 0.362. The number of anilines is 1. The lowest BCUT2D eigenvalue weighted by atomic mass is 9.68. The smallest absolute Gasteiger partial charge is 0.321 e. The molecule has 5 rings (SSSR count). The number of fused-ring (bicyclic) bond motifs is 4. The average Bonchev–Trinajstić information content (AvgIpc) is 3.29. The number of urea groups is 1. The van der Waals surface area contributed by atoms with Gasteiger partial charge in [0.25, 0.3) is 0 Å². The molecule has 0 radical (unpaired) electrons. The Morgan fingerprint density at radius 3 is 2.56 bits per heavy atom. The second kappa shape index (κ2) is 9.46. The number of amides is 3. The Balaban J connectivity index is 1.47. The van der Waals surface area contributed by atoms with Crippen LogP contribution in [0.1, 0.15) is 43.5 Å². The molecule has 2 aliphatic rings. The van der Waals surface area contributed by atoms with E-state index in [9.17, 15) is 19.1 Å². The molecule has 1 fully saturated rings. The summed E-state index contributed by atoms with van der Waals surface area (Å²) >= 11 is 0. The van der Waals surface area contributed by atoms with Gasteiger partial charge in [0.1, 0.15) is 11.6 Å². The molecule has 0 aliphatic carbocycles. The summed E-state index contributed by atoms with van der Waals surface area (Å²) in [5, 5.41) is 14.2. The Kier molecular flexibility index (Phi) is 6.34. The number of halogens is 1. The number of hydrogen-bond donors (Lipinski definition) is 3. The third kappa shape index (κ3) is 4.07. The summed E-state index contributed by atoms with van der Waals surface area (Å²) in [7, 11) is 1.62. The number of carbonyl (C=O) groups is 2. The molecular weight excluding hydrogens is 463 g/mol. The number of aromatic amines is 1. The fourth-order valence-electron chi connectivity index (χ4n) is 5.75. The minimum Gasteiger partial charge on any atom is -0.497 e. The van der Waals surface area contributed by atoms with Crippen molar-refractivity contribution in [2.24, 2.45) is 0 Å². The van der Waals surface area contributed by atoms with Crippen molar-refractivity contribution in [1.82, 2.24) is 14.8 Å². The van der Waals surface area contributed by atoms with E-state index in [1.807, 2.05) is 25.1 Å². The molecule has 3 aromatic rings. The number of hydrogen-bond acceptors (Lipinski definition) is 4. The van der Waals surface area contributed by atoms with Crippen LogP contribution in [0.15, 0.2) is 42.5 Å². The number of nitrogens with zero attached hydrogens (tertiary/aromatic N) is 2. The standard InChI is InChI=1S/C27H31FN4O4/c1-3-23(34)32-16-27(10-12-31(13-11-27)26(35)29-18-6-4-17(28)5-7-18)24-20-9-8-19(36-2)14-21(20)30-25(24)22(32)15-33/h4-9,14,22,30,33H,3,10-13,15-16H2,1-2H3,(H,29,35)/t22-/m1/s1. The number of rotatable bonds is 4. The van der Waals surface area contributed by atoms with Gasteiger partial charge in [-0.15, -0.1) is 0 Å². The molecule has 8 nitrogen and oxygen atoms in total. The van der Waals surface area contributed by atoms with Gasteiger partial charge in [-0.1, -0.05) is 6.92 Å². The number of H-pyrrole nitrogens is 1. The van der Waals surface area contributed by atoms with Gasteiger partial charge in [0, 0.05) is 59.8 Å². The van der Waals surface area contributed by atoms with Gasteiger partial charge in [0.15, 0.2) is 0 Å². The molecular formula is C27H31FN4O4. The molecule has 0 unspecified atom stereocenters. The molecule has 1 atom stereocenters. The molecule has 1 aromatic heterocycles. The number of likely N-dealkylation sites (tertiary alicyclic amines) is 1. The SMILES string of the molecule is CCC(=O)N1CC2(CCN(C(=O)Nc3ccc(F)cc3)CC2)c2c([nH]c3cc(OC)ccc23)[C@H]1CO. The Morgan fingerprint density at radius 1 is 1.19 bits per heavy atom. The Labute approximate surface area is 209 Å². The van der Waals surface area contributed by atoms with E-state index < -0.39 is 6.04 Å². The fourth-order valence-corrected chi connectivity index (χ4v) is 5.75. The van der Waals surface area contributed by atoms with Crippen LogP contribution in [-0.4, -0.2) is 65.2 Å². The van der Waals surface area contributed by atoms with Gasteiger partial charge in [0.2, 0.25) is 5.91 Å². The van der Waals surface area contributed by atoms with Crippen molar-refractivity contribution >= 4 is 28.5 Å². The molecule has 9 heteroatoms. The summed E-state index contributed by atoms with van der Waals surface area (Å²) in [6.07, 6.45) is 1.69. The lowest BCUT2D eigenvalue weighted by Gasteiger charge is -2.50. The number of methoxy groups -OCH3 is 1. The maximum absolute atomic E-state index is 13.2. The third-order valence-electron chi connectivity index (χ3n) is 7.65. The lowest BCUT2D eigenvalue weighted by molar-refractivity contribution is -0.137. The van der Waals surface area contributed by atoms with E-state index in [2.05, 4.69) is 10.3 Å². The van der Waals surface area contributed by atoms with Crippen LogP contribution < -0.4 is 10.1 Å². The van der Waals surface area contributed by atoms with Crippen molar-refractivity contribution < 1.29 is 23.8 Å². The van der Waals surface area contributed by atoms with Gasteiger partial charge < -0.3 is 29.9 Å². The molecule has 1 spiro atoms. The van der Waals surface area contributed by atoms with Gasteiger partial charge in [-0.3, -0.25) is 4.79 Å². The third-order valence-corrected chi connectivity index (χ3v) is 7.65. The van der Waals surface area contributed by atoms with E-state index in [0.29, 0.717) is 44.6 Å². The Bertz CT molecular complexity index is 1280. The highest BCUT2D eigenvalue weighted by Crippen LogP contribution is 2.49. The van der Waals surface area contributed by atoms with Crippen molar-refractivity contribution in [3.05, 3.63) is 59.5 Å². The maximum Gasteiger partial charge on any atom is 0.321 e. The summed E-state index contributed by atoms with van der Waals surface area (Å²) in [4.78, 5) is 32.9. The number of benzene rings is 2. The second-order valence-electron chi connectivity index (χ2n) is 9.60. The van der Waals surface area contributed by atoms with E-state index in [4.69, 9.17) is 4.74 Å². The number of ether oxygens (including phenoxy) is 1. The summed E-state index contributed by atoms with van der Waals surface area (Å²) in [6, 6.07) is 10.9. The van der Waals surface area contributed by atoms with Crippen molar-refractivity contribution in [3.8, 4) is 5.75 Å². The molecule has 3 heterocycles. The predicted molar refractivity (Wildman–Crippen MR) is 135 cm³/mol. The summed E-state index contributed by atoms with van der Waals surface area (Å²) < 4.78 is 18.6. The largest absolute Gasteiger partial charge is 0.497 e. The van der Waals surface area contributed by atoms with E-state index in [-0.39, 0.29) is 29.8 Å². The van der Waals surface area contributed by atoms with Crippen LogP contribution in [0.4, 0.5) is 14.9 Å². The Hall–Kier alpha value is -3.59. The predicted octanol–water partition coefficient (Wildman–Crippen LogP) is 4.17. The molecule has 2 aromatic carbocycles. The molecule has 3 amide bonds. The number of aliphatic hydroxyl groups is 1. The van der Waals surface area contributed by atoms with E-state index in [0.717, 1.165) is 27.9 Å². The number of nitrogens with one attached hydrogen (secondary N) is 2. The zero-order chi connectivity index (χ0) is 25.4. The minimum atomic E-state index is -0.448. The van der Waals surface area contributed by atoms with E-state index >= 15 is 0 Å². The molecule has 0 bridgehead atoms. The normalized spacial score (nSPS) is 18.8. The molecule has 3 N–H and O–H groups in total. The highest BCUT2D eigenvalue weighted by atomic mass is 19.1.